The zero-order chi connectivity index (χ0) is 7.40. The van der Waals surface area contributed by atoms with Crippen molar-refractivity contribution in [1.82, 2.24) is 5.32 Å². The third-order valence-electron chi connectivity index (χ3n) is 1.85. The Bertz CT molecular complexity index is 124. The van der Waals surface area contributed by atoms with E-state index in [4.69, 9.17) is 0 Å². The minimum atomic E-state index is -0.0892. The molecule has 1 atom stereocenters. The molecule has 66 valence electrons. The third-order valence-corrected chi connectivity index (χ3v) is 1.85. The van der Waals surface area contributed by atoms with E-state index in [0.717, 1.165) is 19.5 Å². The second-order valence-electron chi connectivity index (χ2n) is 2.64. The van der Waals surface area contributed by atoms with Gasteiger partial charge in [-0.15, -0.1) is 12.4 Å². The molecule has 0 aliphatic carbocycles. The van der Waals surface area contributed by atoms with Crippen LogP contribution in [0.4, 0.5) is 0 Å². The van der Waals surface area contributed by atoms with Crippen molar-refractivity contribution in [3.05, 3.63) is 0 Å². The lowest BCUT2D eigenvalue weighted by Crippen LogP contribution is -2.13. The predicted molar refractivity (Wildman–Crippen MR) is 44.9 cm³/mol. The van der Waals surface area contributed by atoms with Crippen LogP contribution in [0.5, 0.6) is 0 Å². The zero-order valence-electron chi connectivity index (χ0n) is 6.63. The topological polar surface area (TPSA) is 38.3 Å². The molecule has 4 heteroatoms. The first-order valence-corrected chi connectivity index (χ1v) is 3.60. The number of nitrogens with one attached hydrogen (secondary N) is 1. The van der Waals surface area contributed by atoms with Gasteiger partial charge >= 0.3 is 5.97 Å². The number of esters is 1. The molecule has 0 saturated carbocycles. The lowest BCUT2D eigenvalue weighted by atomic mass is 10.1. The molecule has 1 aliphatic rings. The van der Waals surface area contributed by atoms with Gasteiger partial charge < -0.3 is 10.1 Å². The lowest BCUT2D eigenvalue weighted by Gasteiger charge is -2.04. The molecule has 1 heterocycles. The molecule has 11 heavy (non-hydrogen) atoms. The van der Waals surface area contributed by atoms with Gasteiger partial charge in [-0.2, -0.15) is 0 Å². The Morgan fingerprint density at radius 2 is 2.45 bits per heavy atom. The van der Waals surface area contributed by atoms with Crippen LogP contribution in [-0.2, 0) is 9.53 Å². The second-order valence-corrected chi connectivity index (χ2v) is 2.64. The fourth-order valence-electron chi connectivity index (χ4n) is 1.21. The van der Waals surface area contributed by atoms with E-state index in [9.17, 15) is 4.79 Å². The molecule has 1 aliphatic heterocycles. The SMILES string of the molecule is COC(=O)C[C@H]1CCNC1.Cl. The summed E-state index contributed by atoms with van der Waals surface area (Å²) < 4.78 is 4.55. The van der Waals surface area contributed by atoms with Crippen LogP contribution < -0.4 is 5.32 Å². The molecule has 3 nitrogen and oxygen atoms in total. The number of rotatable bonds is 2. The van der Waals surface area contributed by atoms with Crippen LogP contribution in [0.2, 0.25) is 0 Å². The van der Waals surface area contributed by atoms with Gasteiger partial charge in [0.05, 0.1) is 7.11 Å². The predicted octanol–water partition coefficient (Wildman–Crippen LogP) is 0.581. The molecule has 0 unspecified atom stereocenters. The van der Waals surface area contributed by atoms with Crippen molar-refractivity contribution in [2.45, 2.75) is 12.8 Å². The Morgan fingerprint density at radius 1 is 1.73 bits per heavy atom. The summed E-state index contributed by atoms with van der Waals surface area (Å²) in [7, 11) is 1.44. The standard InChI is InChI=1S/C7H13NO2.ClH/c1-10-7(9)4-6-2-3-8-5-6;/h6,8H,2-5H2,1H3;1H/t6-;/m1./s1. The molecule has 1 saturated heterocycles. The lowest BCUT2D eigenvalue weighted by molar-refractivity contribution is -0.141. The van der Waals surface area contributed by atoms with Crippen molar-refractivity contribution in [3.8, 4) is 0 Å². The van der Waals surface area contributed by atoms with E-state index >= 15 is 0 Å². The number of carbonyl (C=O) groups is 1. The first-order valence-electron chi connectivity index (χ1n) is 3.60. The molecule has 0 bridgehead atoms. The molecule has 0 aromatic heterocycles. The van der Waals surface area contributed by atoms with Gasteiger partial charge in [0.1, 0.15) is 0 Å². The minimum absolute atomic E-state index is 0. The Labute approximate surface area is 72.9 Å². The molecule has 0 spiro atoms. The van der Waals surface area contributed by atoms with Gasteiger partial charge in [0, 0.05) is 6.42 Å². The fourth-order valence-corrected chi connectivity index (χ4v) is 1.21. The molecule has 0 amide bonds. The van der Waals surface area contributed by atoms with Crippen molar-refractivity contribution < 1.29 is 9.53 Å². The van der Waals surface area contributed by atoms with Crippen LogP contribution in [0.25, 0.3) is 0 Å². The maximum atomic E-state index is 10.7. The van der Waals surface area contributed by atoms with Crippen molar-refractivity contribution >= 4 is 18.4 Å². The normalized spacial score (nSPS) is 22.5. The maximum absolute atomic E-state index is 10.7. The number of ether oxygens (including phenoxy) is 1. The molecule has 1 fully saturated rings. The van der Waals surface area contributed by atoms with Crippen LogP contribution in [0.15, 0.2) is 0 Å². The average molecular weight is 180 g/mol. The summed E-state index contributed by atoms with van der Waals surface area (Å²) >= 11 is 0. The number of methoxy groups -OCH3 is 1. The Hall–Kier alpha value is -0.280. The highest BCUT2D eigenvalue weighted by Crippen LogP contribution is 2.11. The van der Waals surface area contributed by atoms with Crippen LogP contribution in [0, 0.1) is 5.92 Å². The van der Waals surface area contributed by atoms with Gasteiger partial charge in [-0.1, -0.05) is 0 Å². The van der Waals surface area contributed by atoms with Crippen molar-refractivity contribution in [1.29, 1.82) is 0 Å². The summed E-state index contributed by atoms with van der Waals surface area (Å²) in [4.78, 5) is 10.7. The van der Waals surface area contributed by atoms with E-state index in [1.807, 2.05) is 0 Å². The highest BCUT2D eigenvalue weighted by Gasteiger charge is 2.17. The number of halogens is 1. The van der Waals surface area contributed by atoms with E-state index in [2.05, 4.69) is 10.1 Å². The van der Waals surface area contributed by atoms with Crippen LogP contribution >= 0.6 is 12.4 Å². The first kappa shape index (κ1) is 10.7. The fraction of sp³-hybridized carbons (Fsp3) is 0.857. The molecule has 0 aromatic rings. The Balaban J connectivity index is 0.000001000. The van der Waals surface area contributed by atoms with Gasteiger partial charge in [-0.05, 0) is 25.4 Å². The van der Waals surface area contributed by atoms with Crippen molar-refractivity contribution in [3.63, 3.8) is 0 Å². The first-order chi connectivity index (χ1) is 4.83. The van der Waals surface area contributed by atoms with Gasteiger partial charge in [-0.25, -0.2) is 0 Å². The van der Waals surface area contributed by atoms with E-state index in [0.29, 0.717) is 12.3 Å². The van der Waals surface area contributed by atoms with Crippen LogP contribution in [0.1, 0.15) is 12.8 Å². The highest BCUT2D eigenvalue weighted by atomic mass is 35.5. The van der Waals surface area contributed by atoms with E-state index in [-0.39, 0.29) is 18.4 Å². The van der Waals surface area contributed by atoms with Crippen molar-refractivity contribution in [2.75, 3.05) is 20.2 Å². The summed E-state index contributed by atoms with van der Waals surface area (Å²) in [6.45, 7) is 2.01. The largest absolute Gasteiger partial charge is 0.469 e. The van der Waals surface area contributed by atoms with Gasteiger partial charge in [-0.3, -0.25) is 4.79 Å². The Kier molecular flexibility index (Phi) is 5.24. The quantitative estimate of drug-likeness (QED) is 0.631. The third kappa shape index (κ3) is 3.58. The maximum Gasteiger partial charge on any atom is 0.305 e. The summed E-state index contributed by atoms with van der Waals surface area (Å²) in [5, 5.41) is 3.19. The molecular formula is C7H14ClNO2. The monoisotopic (exact) mass is 179 g/mol. The van der Waals surface area contributed by atoms with Crippen molar-refractivity contribution in [2.24, 2.45) is 5.92 Å². The van der Waals surface area contributed by atoms with Gasteiger partial charge in [0.15, 0.2) is 0 Å². The molecule has 1 rings (SSSR count). The van der Waals surface area contributed by atoms with E-state index in [1.54, 1.807) is 0 Å². The Morgan fingerprint density at radius 3 is 2.91 bits per heavy atom. The second kappa shape index (κ2) is 5.38. The smallest absolute Gasteiger partial charge is 0.305 e. The van der Waals surface area contributed by atoms with Gasteiger partial charge in [0.2, 0.25) is 0 Å². The van der Waals surface area contributed by atoms with E-state index in [1.165, 1.54) is 7.11 Å². The molecule has 0 aromatic carbocycles. The minimum Gasteiger partial charge on any atom is -0.469 e. The summed E-state index contributed by atoms with van der Waals surface area (Å²) in [6, 6.07) is 0. The summed E-state index contributed by atoms with van der Waals surface area (Å²) in [6.07, 6.45) is 1.68. The molecular weight excluding hydrogens is 166 g/mol. The van der Waals surface area contributed by atoms with Crippen LogP contribution in [0.3, 0.4) is 0 Å². The number of carbonyl (C=O) groups excluding carboxylic acids is 1. The highest BCUT2D eigenvalue weighted by molar-refractivity contribution is 5.85. The van der Waals surface area contributed by atoms with Gasteiger partial charge in [0.25, 0.3) is 0 Å². The summed E-state index contributed by atoms with van der Waals surface area (Å²) in [5.74, 6) is 0.418. The van der Waals surface area contributed by atoms with E-state index < -0.39 is 0 Å². The molecule has 0 radical (unpaired) electrons. The number of hydrogen-bond donors (Lipinski definition) is 1. The summed E-state index contributed by atoms with van der Waals surface area (Å²) in [5.41, 5.74) is 0. The average Bonchev–Trinajstić information content (AvgIpc) is 2.40. The number of hydrogen-bond acceptors (Lipinski definition) is 3. The van der Waals surface area contributed by atoms with Crippen LogP contribution in [-0.4, -0.2) is 26.2 Å². The zero-order valence-corrected chi connectivity index (χ0v) is 7.45. The molecule has 1 N–H and O–H groups in total.